The third kappa shape index (κ3) is 2.21. The maximum Gasteiger partial charge on any atom is 0.289 e. The Morgan fingerprint density at radius 2 is 1.82 bits per heavy atom. The number of amides is 1. The molecule has 2 saturated heterocycles. The molecule has 3 heterocycles. The van der Waals surface area contributed by atoms with Crippen LogP contribution in [0.5, 0.6) is 0 Å². The third-order valence-electron chi connectivity index (χ3n) is 4.43. The summed E-state index contributed by atoms with van der Waals surface area (Å²) in [5.74, 6) is -0.185. The molecule has 2 aliphatic rings. The van der Waals surface area contributed by atoms with E-state index in [0.29, 0.717) is 32.1 Å². The Morgan fingerprint density at radius 1 is 1.14 bits per heavy atom. The Morgan fingerprint density at radius 3 is 2.50 bits per heavy atom. The summed E-state index contributed by atoms with van der Waals surface area (Å²) in [6, 6.07) is 9.45. The first-order valence-corrected chi connectivity index (χ1v) is 7.52. The van der Waals surface area contributed by atoms with Gasteiger partial charge < -0.3 is 18.8 Å². The van der Waals surface area contributed by atoms with Gasteiger partial charge in [0.15, 0.2) is 11.5 Å². The van der Waals surface area contributed by atoms with Gasteiger partial charge in [-0.25, -0.2) is 0 Å². The average Bonchev–Trinajstić information content (AvgIpc) is 2.89. The van der Waals surface area contributed by atoms with E-state index in [4.69, 9.17) is 13.9 Å². The van der Waals surface area contributed by atoms with Gasteiger partial charge >= 0.3 is 0 Å². The molecule has 0 radical (unpaired) electrons. The summed E-state index contributed by atoms with van der Waals surface area (Å²) in [6.07, 6.45) is 0. The Bertz CT molecular complexity index is 682. The molecule has 1 aromatic heterocycles. The second kappa shape index (κ2) is 4.57. The number of rotatable bonds is 1. The minimum absolute atomic E-state index is 0.0583. The first-order valence-electron chi connectivity index (χ1n) is 7.52. The largest absolute Gasteiger partial charge is 0.451 e. The first-order chi connectivity index (χ1) is 10.5. The van der Waals surface area contributed by atoms with Crippen LogP contribution in [0.15, 0.2) is 34.7 Å². The highest BCUT2D eigenvalue weighted by molar-refractivity contribution is 5.96. The van der Waals surface area contributed by atoms with E-state index in [2.05, 4.69) is 0 Å². The number of carbonyl (C=O) groups excluding carboxylic acids is 1. The van der Waals surface area contributed by atoms with Crippen LogP contribution in [-0.4, -0.2) is 42.9 Å². The molecule has 4 rings (SSSR count). The topological polar surface area (TPSA) is 51.9 Å². The number of furan rings is 1. The molecule has 0 atom stereocenters. The molecule has 1 amide bonds. The zero-order valence-electron chi connectivity index (χ0n) is 12.8. The van der Waals surface area contributed by atoms with Crippen molar-refractivity contribution in [3.05, 3.63) is 36.1 Å². The third-order valence-corrected chi connectivity index (χ3v) is 4.43. The average molecular weight is 301 g/mol. The van der Waals surface area contributed by atoms with Crippen LogP contribution in [0, 0.1) is 5.41 Å². The standard InChI is InChI=1S/C17H19NO4/c1-16(2)20-10-17(11-21-16)8-18(9-17)15(19)14-7-12-5-3-4-6-13(12)22-14/h3-7H,8-11H2,1-2H3. The van der Waals surface area contributed by atoms with Gasteiger partial charge in [-0.3, -0.25) is 4.79 Å². The van der Waals surface area contributed by atoms with Gasteiger partial charge in [-0.2, -0.15) is 0 Å². The van der Waals surface area contributed by atoms with Gasteiger partial charge in [0, 0.05) is 18.5 Å². The molecule has 0 aliphatic carbocycles. The molecular formula is C17H19NO4. The highest BCUT2D eigenvalue weighted by atomic mass is 16.7. The number of para-hydroxylation sites is 1. The van der Waals surface area contributed by atoms with Gasteiger partial charge in [0.2, 0.25) is 0 Å². The van der Waals surface area contributed by atoms with Crippen molar-refractivity contribution in [2.45, 2.75) is 19.6 Å². The molecule has 5 heteroatoms. The maximum absolute atomic E-state index is 12.5. The van der Waals surface area contributed by atoms with E-state index in [1.54, 1.807) is 11.0 Å². The van der Waals surface area contributed by atoms with Crippen LogP contribution in [0.2, 0.25) is 0 Å². The van der Waals surface area contributed by atoms with Crippen molar-refractivity contribution in [1.82, 2.24) is 4.90 Å². The molecule has 0 N–H and O–H groups in total. The number of fused-ring (bicyclic) bond motifs is 1. The fourth-order valence-electron chi connectivity index (χ4n) is 3.07. The van der Waals surface area contributed by atoms with Crippen molar-refractivity contribution in [2.24, 2.45) is 5.41 Å². The van der Waals surface area contributed by atoms with Crippen molar-refractivity contribution >= 4 is 16.9 Å². The lowest BCUT2D eigenvalue weighted by atomic mass is 9.80. The Balaban J connectivity index is 1.45. The van der Waals surface area contributed by atoms with E-state index in [1.165, 1.54) is 0 Å². The number of likely N-dealkylation sites (tertiary alicyclic amines) is 1. The van der Waals surface area contributed by atoms with Crippen LogP contribution < -0.4 is 0 Å². The molecule has 2 aromatic rings. The monoisotopic (exact) mass is 301 g/mol. The van der Waals surface area contributed by atoms with Crippen LogP contribution in [0.1, 0.15) is 24.4 Å². The minimum atomic E-state index is -0.519. The molecule has 0 bridgehead atoms. The summed E-state index contributed by atoms with van der Waals surface area (Å²) < 4.78 is 17.1. The van der Waals surface area contributed by atoms with Crippen LogP contribution in [0.4, 0.5) is 0 Å². The van der Waals surface area contributed by atoms with Gasteiger partial charge in [0.25, 0.3) is 5.91 Å². The van der Waals surface area contributed by atoms with Gasteiger partial charge in [-0.1, -0.05) is 18.2 Å². The van der Waals surface area contributed by atoms with E-state index < -0.39 is 5.79 Å². The normalized spacial score (nSPS) is 22.7. The molecule has 116 valence electrons. The fourth-order valence-corrected chi connectivity index (χ4v) is 3.07. The summed E-state index contributed by atoms with van der Waals surface area (Å²) in [6.45, 7) is 6.39. The highest BCUT2D eigenvalue weighted by Gasteiger charge is 2.50. The van der Waals surface area contributed by atoms with Gasteiger partial charge in [-0.05, 0) is 26.0 Å². The van der Waals surface area contributed by atoms with Crippen molar-refractivity contribution in [1.29, 1.82) is 0 Å². The van der Waals surface area contributed by atoms with Gasteiger partial charge in [-0.15, -0.1) is 0 Å². The number of hydrogen-bond acceptors (Lipinski definition) is 4. The molecule has 2 fully saturated rings. The molecule has 5 nitrogen and oxygen atoms in total. The minimum Gasteiger partial charge on any atom is -0.451 e. The van der Waals surface area contributed by atoms with Crippen LogP contribution in [0.25, 0.3) is 11.0 Å². The predicted octanol–water partition coefficient (Wildman–Crippen LogP) is 2.66. The number of benzene rings is 1. The molecular weight excluding hydrogens is 282 g/mol. The number of ether oxygens (including phenoxy) is 2. The number of hydrogen-bond donors (Lipinski definition) is 0. The van der Waals surface area contributed by atoms with Crippen LogP contribution in [-0.2, 0) is 9.47 Å². The van der Waals surface area contributed by atoms with Crippen LogP contribution in [0.3, 0.4) is 0 Å². The van der Waals surface area contributed by atoms with E-state index >= 15 is 0 Å². The van der Waals surface area contributed by atoms with Crippen molar-refractivity contribution < 1.29 is 18.7 Å². The molecule has 1 aromatic carbocycles. The van der Waals surface area contributed by atoms with E-state index in [9.17, 15) is 4.79 Å². The quantitative estimate of drug-likeness (QED) is 0.812. The second-order valence-electron chi connectivity index (χ2n) is 6.79. The Hall–Kier alpha value is -1.85. The Kier molecular flexibility index (Phi) is 2.86. The second-order valence-corrected chi connectivity index (χ2v) is 6.79. The smallest absolute Gasteiger partial charge is 0.289 e. The van der Waals surface area contributed by atoms with Crippen molar-refractivity contribution in [2.75, 3.05) is 26.3 Å². The van der Waals surface area contributed by atoms with Crippen molar-refractivity contribution in [3.63, 3.8) is 0 Å². The Labute approximate surface area is 128 Å². The summed E-state index contributed by atoms with van der Waals surface area (Å²) in [5.41, 5.74) is 0.684. The lowest BCUT2D eigenvalue weighted by Crippen LogP contribution is -2.65. The molecule has 1 spiro atoms. The molecule has 0 unspecified atom stereocenters. The van der Waals surface area contributed by atoms with E-state index in [-0.39, 0.29) is 11.3 Å². The molecule has 2 aliphatic heterocycles. The lowest BCUT2D eigenvalue weighted by Gasteiger charge is -2.53. The molecule has 0 saturated carbocycles. The SMILES string of the molecule is CC1(C)OCC2(CO1)CN(C(=O)c1cc3ccccc3o1)C2. The van der Waals surface area contributed by atoms with E-state index in [0.717, 1.165) is 11.0 Å². The first kappa shape index (κ1) is 13.8. The summed E-state index contributed by atoms with van der Waals surface area (Å²) in [7, 11) is 0. The zero-order chi connectivity index (χ0) is 15.4. The lowest BCUT2D eigenvalue weighted by molar-refractivity contribution is -0.301. The maximum atomic E-state index is 12.5. The number of nitrogens with zero attached hydrogens (tertiary/aromatic N) is 1. The summed E-state index contributed by atoms with van der Waals surface area (Å²) in [5, 5.41) is 0.951. The number of carbonyl (C=O) groups is 1. The zero-order valence-corrected chi connectivity index (χ0v) is 12.8. The summed E-state index contributed by atoms with van der Waals surface area (Å²) in [4.78, 5) is 14.3. The highest BCUT2D eigenvalue weighted by Crippen LogP contribution is 2.38. The van der Waals surface area contributed by atoms with E-state index in [1.807, 2.05) is 38.1 Å². The summed E-state index contributed by atoms with van der Waals surface area (Å²) >= 11 is 0. The fraction of sp³-hybridized carbons (Fsp3) is 0.471. The van der Waals surface area contributed by atoms with Gasteiger partial charge in [0.1, 0.15) is 5.58 Å². The van der Waals surface area contributed by atoms with Crippen LogP contribution >= 0.6 is 0 Å². The molecule has 22 heavy (non-hydrogen) atoms. The van der Waals surface area contributed by atoms with Gasteiger partial charge in [0.05, 0.1) is 18.6 Å². The van der Waals surface area contributed by atoms with Crippen molar-refractivity contribution in [3.8, 4) is 0 Å². The predicted molar refractivity (Wildman–Crippen MR) is 80.5 cm³/mol.